The molecule has 1 N–H and O–H groups in total. The number of nitrogens with zero attached hydrogens (tertiary/aromatic N) is 1. The van der Waals surface area contributed by atoms with E-state index < -0.39 is 0 Å². The summed E-state index contributed by atoms with van der Waals surface area (Å²) in [6.45, 7) is 5.22. The molecule has 112 valence electrons. The minimum Gasteiger partial charge on any atom is -0.496 e. The maximum Gasteiger partial charge on any atom is 0.122 e. The average molecular weight is 302 g/mol. The van der Waals surface area contributed by atoms with Crippen molar-refractivity contribution in [3.05, 3.63) is 45.4 Å². The summed E-state index contributed by atoms with van der Waals surface area (Å²) < 4.78 is 5.46. The van der Waals surface area contributed by atoms with Crippen molar-refractivity contribution in [1.29, 1.82) is 0 Å². The number of ether oxygens (including phenoxy) is 1. The number of methoxy groups -OCH3 is 1. The van der Waals surface area contributed by atoms with E-state index in [9.17, 15) is 0 Å². The summed E-state index contributed by atoms with van der Waals surface area (Å²) in [6.07, 6.45) is 2.22. The summed E-state index contributed by atoms with van der Waals surface area (Å²) in [7, 11) is 1.75. The first-order chi connectivity index (χ1) is 10.2. The summed E-state index contributed by atoms with van der Waals surface area (Å²) in [6, 6.07) is 6.76. The standard InChI is InChI=1S/C17H22N2OS/c1-11(2)17-19-12(10-21-17)9-18-15-8-7-14-13(15)5-4-6-16(14)20-3/h4-6,10-11,15,18H,7-9H2,1-3H3/t15-/m0/s1. The molecule has 1 aromatic carbocycles. The molecular weight excluding hydrogens is 280 g/mol. The Hall–Kier alpha value is -1.39. The minimum absolute atomic E-state index is 0.416. The second-order valence-electron chi connectivity index (χ2n) is 5.83. The summed E-state index contributed by atoms with van der Waals surface area (Å²) in [5.41, 5.74) is 3.90. The van der Waals surface area contributed by atoms with Crippen molar-refractivity contribution >= 4 is 11.3 Å². The van der Waals surface area contributed by atoms with Crippen LogP contribution < -0.4 is 10.1 Å². The summed E-state index contributed by atoms with van der Waals surface area (Å²) in [5, 5.41) is 7.04. The molecule has 0 aliphatic heterocycles. The van der Waals surface area contributed by atoms with Gasteiger partial charge in [-0.15, -0.1) is 11.3 Å². The fraction of sp³-hybridized carbons (Fsp3) is 0.471. The topological polar surface area (TPSA) is 34.1 Å². The van der Waals surface area contributed by atoms with Gasteiger partial charge >= 0.3 is 0 Å². The number of fused-ring (bicyclic) bond motifs is 1. The molecule has 1 aliphatic carbocycles. The zero-order valence-electron chi connectivity index (χ0n) is 12.8. The number of thiazole rings is 1. The summed E-state index contributed by atoms with van der Waals surface area (Å²) in [5.74, 6) is 1.53. The van der Waals surface area contributed by atoms with Gasteiger partial charge in [-0.05, 0) is 30.0 Å². The maximum atomic E-state index is 5.46. The van der Waals surface area contributed by atoms with E-state index in [0.29, 0.717) is 12.0 Å². The zero-order valence-corrected chi connectivity index (χ0v) is 13.7. The predicted octanol–water partition coefficient (Wildman–Crippen LogP) is 4.05. The average Bonchev–Trinajstić information content (AvgIpc) is 3.11. The monoisotopic (exact) mass is 302 g/mol. The van der Waals surface area contributed by atoms with Crippen LogP contribution in [-0.4, -0.2) is 12.1 Å². The molecule has 0 bridgehead atoms. The normalized spacial score (nSPS) is 17.2. The predicted molar refractivity (Wildman–Crippen MR) is 87.1 cm³/mol. The Bertz CT molecular complexity index is 621. The molecule has 1 atom stereocenters. The second-order valence-corrected chi connectivity index (χ2v) is 6.72. The van der Waals surface area contributed by atoms with E-state index in [1.807, 2.05) is 0 Å². The van der Waals surface area contributed by atoms with Gasteiger partial charge in [-0.1, -0.05) is 26.0 Å². The first kappa shape index (κ1) is 14.5. The van der Waals surface area contributed by atoms with E-state index >= 15 is 0 Å². The SMILES string of the molecule is COc1cccc2c1CC[C@@H]2NCc1csc(C(C)C)n1. The second kappa shape index (κ2) is 6.16. The van der Waals surface area contributed by atoms with Crippen molar-refractivity contribution in [3.8, 4) is 5.75 Å². The van der Waals surface area contributed by atoms with Crippen LogP contribution in [0.25, 0.3) is 0 Å². The zero-order chi connectivity index (χ0) is 14.8. The highest BCUT2D eigenvalue weighted by Crippen LogP contribution is 2.36. The number of rotatable bonds is 5. The van der Waals surface area contributed by atoms with Crippen LogP contribution >= 0.6 is 11.3 Å². The molecule has 1 aliphatic rings. The van der Waals surface area contributed by atoms with Crippen LogP contribution in [0, 0.1) is 0 Å². The van der Waals surface area contributed by atoms with Crippen LogP contribution in [0.15, 0.2) is 23.6 Å². The van der Waals surface area contributed by atoms with Gasteiger partial charge in [0.1, 0.15) is 5.75 Å². The Morgan fingerprint density at radius 1 is 1.43 bits per heavy atom. The van der Waals surface area contributed by atoms with Gasteiger partial charge < -0.3 is 10.1 Å². The Morgan fingerprint density at radius 2 is 2.29 bits per heavy atom. The highest BCUT2D eigenvalue weighted by atomic mass is 32.1. The smallest absolute Gasteiger partial charge is 0.122 e. The Labute approximate surface area is 130 Å². The van der Waals surface area contributed by atoms with Gasteiger partial charge in [0.15, 0.2) is 0 Å². The Morgan fingerprint density at radius 3 is 3.00 bits per heavy atom. The first-order valence-corrected chi connectivity index (χ1v) is 8.40. The minimum atomic E-state index is 0.416. The Kier molecular flexibility index (Phi) is 4.27. The molecule has 0 fully saturated rings. The molecule has 0 saturated heterocycles. The largest absolute Gasteiger partial charge is 0.496 e. The number of nitrogens with one attached hydrogen (secondary N) is 1. The van der Waals surface area contributed by atoms with Crippen molar-refractivity contribution < 1.29 is 4.74 Å². The Balaban J connectivity index is 1.68. The molecule has 4 heteroatoms. The number of hydrogen-bond acceptors (Lipinski definition) is 4. The lowest BCUT2D eigenvalue weighted by atomic mass is 10.1. The lowest BCUT2D eigenvalue weighted by Crippen LogP contribution is -2.18. The maximum absolute atomic E-state index is 5.46. The van der Waals surface area contributed by atoms with E-state index in [1.54, 1.807) is 18.4 Å². The van der Waals surface area contributed by atoms with E-state index in [-0.39, 0.29) is 0 Å². The summed E-state index contributed by atoms with van der Waals surface area (Å²) >= 11 is 1.76. The molecule has 3 nitrogen and oxygen atoms in total. The van der Waals surface area contributed by atoms with Gasteiger partial charge in [-0.3, -0.25) is 0 Å². The van der Waals surface area contributed by atoms with Crippen molar-refractivity contribution in [2.24, 2.45) is 0 Å². The van der Waals surface area contributed by atoms with Crippen molar-refractivity contribution in [2.45, 2.75) is 45.2 Å². The lowest BCUT2D eigenvalue weighted by Gasteiger charge is -2.14. The summed E-state index contributed by atoms with van der Waals surface area (Å²) in [4.78, 5) is 4.69. The van der Waals surface area contributed by atoms with Crippen molar-refractivity contribution in [3.63, 3.8) is 0 Å². The third-order valence-electron chi connectivity index (χ3n) is 4.04. The van der Waals surface area contributed by atoms with Crippen LogP contribution in [-0.2, 0) is 13.0 Å². The first-order valence-electron chi connectivity index (χ1n) is 7.52. The van der Waals surface area contributed by atoms with E-state index in [0.717, 1.165) is 30.8 Å². The third kappa shape index (κ3) is 2.97. The van der Waals surface area contributed by atoms with Crippen LogP contribution in [0.1, 0.15) is 54.1 Å². The van der Waals surface area contributed by atoms with Crippen molar-refractivity contribution in [2.75, 3.05) is 7.11 Å². The fourth-order valence-electron chi connectivity index (χ4n) is 2.92. The van der Waals surface area contributed by atoms with Crippen molar-refractivity contribution in [1.82, 2.24) is 10.3 Å². The van der Waals surface area contributed by atoms with Crippen LogP contribution in [0.5, 0.6) is 5.75 Å². The molecule has 1 heterocycles. The van der Waals surface area contributed by atoms with E-state index in [2.05, 4.69) is 42.7 Å². The van der Waals surface area contributed by atoms with Crippen LogP contribution in [0.3, 0.4) is 0 Å². The van der Waals surface area contributed by atoms with Gasteiger partial charge in [-0.25, -0.2) is 4.98 Å². The lowest BCUT2D eigenvalue weighted by molar-refractivity contribution is 0.410. The molecule has 3 rings (SSSR count). The molecule has 0 radical (unpaired) electrons. The fourth-order valence-corrected chi connectivity index (χ4v) is 3.76. The molecule has 0 amide bonds. The van der Waals surface area contributed by atoms with Gasteiger partial charge in [0.2, 0.25) is 0 Å². The van der Waals surface area contributed by atoms with Gasteiger partial charge in [0, 0.05) is 23.9 Å². The molecule has 1 aromatic heterocycles. The molecule has 0 unspecified atom stereocenters. The number of benzene rings is 1. The molecule has 21 heavy (non-hydrogen) atoms. The molecule has 0 spiro atoms. The molecule has 2 aromatic rings. The van der Waals surface area contributed by atoms with Gasteiger partial charge in [0.25, 0.3) is 0 Å². The highest BCUT2D eigenvalue weighted by molar-refractivity contribution is 7.09. The van der Waals surface area contributed by atoms with Gasteiger partial charge in [0.05, 0.1) is 17.8 Å². The quantitative estimate of drug-likeness (QED) is 0.904. The van der Waals surface area contributed by atoms with E-state index in [1.165, 1.54) is 16.1 Å². The van der Waals surface area contributed by atoms with Crippen LogP contribution in [0.4, 0.5) is 0 Å². The number of aromatic nitrogens is 1. The third-order valence-corrected chi connectivity index (χ3v) is 5.23. The number of hydrogen-bond donors (Lipinski definition) is 1. The molecular formula is C17H22N2OS. The van der Waals surface area contributed by atoms with E-state index in [4.69, 9.17) is 9.72 Å². The van der Waals surface area contributed by atoms with Gasteiger partial charge in [-0.2, -0.15) is 0 Å². The van der Waals surface area contributed by atoms with Crippen LogP contribution in [0.2, 0.25) is 0 Å². The molecule has 0 saturated carbocycles. The highest BCUT2D eigenvalue weighted by Gasteiger charge is 2.24.